The molecule has 6 heteroatoms. The molecule has 0 spiro atoms. The van der Waals surface area contributed by atoms with Gasteiger partial charge in [-0.05, 0) is 19.1 Å². The molecule has 0 aliphatic carbocycles. The van der Waals surface area contributed by atoms with Crippen LogP contribution < -0.4 is 5.73 Å². The standard InChI is InChI=1S/C11H9N5O/c1-6-14-15-11-9-7(3-2-4-13-9)5-8(10(12)17)16(6)11/h2-5H,1H3,(H2,12,17). The molecule has 0 fully saturated rings. The van der Waals surface area contributed by atoms with Crippen molar-refractivity contribution in [2.75, 3.05) is 0 Å². The van der Waals surface area contributed by atoms with E-state index >= 15 is 0 Å². The summed E-state index contributed by atoms with van der Waals surface area (Å²) >= 11 is 0. The number of hydrogen-bond donors (Lipinski definition) is 1. The highest BCUT2D eigenvalue weighted by atomic mass is 16.1. The Morgan fingerprint density at radius 2 is 2.24 bits per heavy atom. The molecule has 0 aromatic carbocycles. The third-order valence-electron chi connectivity index (χ3n) is 2.66. The summed E-state index contributed by atoms with van der Waals surface area (Å²) in [7, 11) is 0. The van der Waals surface area contributed by atoms with Crippen molar-refractivity contribution in [2.45, 2.75) is 6.92 Å². The van der Waals surface area contributed by atoms with Gasteiger partial charge >= 0.3 is 0 Å². The summed E-state index contributed by atoms with van der Waals surface area (Å²) in [5.74, 6) is 0.102. The minimum Gasteiger partial charge on any atom is -0.364 e. The molecule has 0 atom stereocenters. The quantitative estimate of drug-likeness (QED) is 0.662. The van der Waals surface area contributed by atoms with Crippen LogP contribution in [0.25, 0.3) is 16.6 Å². The van der Waals surface area contributed by atoms with Crippen molar-refractivity contribution >= 4 is 22.5 Å². The molecule has 1 amide bonds. The zero-order valence-electron chi connectivity index (χ0n) is 9.08. The highest BCUT2D eigenvalue weighted by Gasteiger charge is 2.14. The van der Waals surface area contributed by atoms with E-state index in [1.54, 1.807) is 29.7 Å². The van der Waals surface area contributed by atoms with Crippen molar-refractivity contribution in [1.82, 2.24) is 19.6 Å². The van der Waals surface area contributed by atoms with Gasteiger partial charge in [-0.1, -0.05) is 6.07 Å². The maximum absolute atomic E-state index is 11.4. The number of primary amides is 1. The third kappa shape index (κ3) is 1.27. The van der Waals surface area contributed by atoms with Crippen LogP contribution >= 0.6 is 0 Å². The molecular formula is C11H9N5O. The molecule has 17 heavy (non-hydrogen) atoms. The molecule has 0 aliphatic heterocycles. The highest BCUT2D eigenvalue weighted by Crippen LogP contribution is 2.19. The molecule has 0 saturated heterocycles. The van der Waals surface area contributed by atoms with E-state index in [2.05, 4.69) is 15.2 Å². The molecule has 0 saturated carbocycles. The molecule has 2 N–H and O–H groups in total. The maximum Gasteiger partial charge on any atom is 0.265 e. The molecular weight excluding hydrogens is 218 g/mol. The lowest BCUT2D eigenvalue weighted by atomic mass is 10.2. The summed E-state index contributed by atoms with van der Waals surface area (Å²) in [5.41, 5.74) is 6.98. The van der Waals surface area contributed by atoms with Gasteiger partial charge in [0.2, 0.25) is 0 Å². The monoisotopic (exact) mass is 227 g/mol. The number of aromatic nitrogens is 4. The van der Waals surface area contributed by atoms with Gasteiger partial charge in [0.05, 0.1) is 0 Å². The van der Waals surface area contributed by atoms with Crippen molar-refractivity contribution in [1.29, 1.82) is 0 Å². The van der Waals surface area contributed by atoms with E-state index in [1.165, 1.54) is 0 Å². The van der Waals surface area contributed by atoms with Crippen LogP contribution in [0.2, 0.25) is 0 Å². The van der Waals surface area contributed by atoms with Gasteiger partial charge in [-0.15, -0.1) is 10.2 Å². The normalized spacial score (nSPS) is 11.1. The highest BCUT2D eigenvalue weighted by molar-refractivity contribution is 5.99. The Hall–Kier alpha value is -2.50. The molecule has 3 heterocycles. The van der Waals surface area contributed by atoms with Crippen LogP contribution in [0.1, 0.15) is 16.3 Å². The van der Waals surface area contributed by atoms with Crippen molar-refractivity contribution < 1.29 is 4.79 Å². The molecule has 0 aliphatic rings. The fourth-order valence-electron chi connectivity index (χ4n) is 1.92. The van der Waals surface area contributed by atoms with E-state index in [0.29, 0.717) is 22.7 Å². The first-order valence-corrected chi connectivity index (χ1v) is 5.08. The summed E-state index contributed by atoms with van der Waals surface area (Å²) in [6.07, 6.45) is 1.68. The number of fused-ring (bicyclic) bond motifs is 3. The number of amides is 1. The van der Waals surface area contributed by atoms with Crippen molar-refractivity contribution in [3.05, 3.63) is 35.9 Å². The van der Waals surface area contributed by atoms with Gasteiger partial charge < -0.3 is 5.73 Å². The minimum atomic E-state index is -0.511. The molecule has 3 rings (SSSR count). The van der Waals surface area contributed by atoms with Crippen molar-refractivity contribution in [2.24, 2.45) is 5.73 Å². The average Bonchev–Trinajstić information content (AvgIpc) is 2.71. The lowest BCUT2D eigenvalue weighted by Gasteiger charge is -2.05. The van der Waals surface area contributed by atoms with E-state index in [1.807, 2.05) is 6.07 Å². The van der Waals surface area contributed by atoms with Crippen LogP contribution in [0.5, 0.6) is 0 Å². The smallest absolute Gasteiger partial charge is 0.265 e. The average molecular weight is 227 g/mol. The predicted molar refractivity (Wildman–Crippen MR) is 61.5 cm³/mol. The fraction of sp³-hybridized carbons (Fsp3) is 0.0909. The van der Waals surface area contributed by atoms with Crippen LogP contribution in [0, 0.1) is 6.92 Å². The van der Waals surface area contributed by atoms with Crippen LogP contribution in [-0.2, 0) is 0 Å². The number of carbonyl (C=O) groups is 1. The Kier molecular flexibility index (Phi) is 1.85. The zero-order chi connectivity index (χ0) is 12.0. The fourth-order valence-corrected chi connectivity index (χ4v) is 1.92. The maximum atomic E-state index is 11.4. The zero-order valence-corrected chi connectivity index (χ0v) is 9.08. The number of nitrogens with zero attached hydrogens (tertiary/aromatic N) is 4. The number of pyridine rings is 2. The third-order valence-corrected chi connectivity index (χ3v) is 2.66. The molecule has 6 nitrogen and oxygen atoms in total. The Morgan fingerprint density at radius 1 is 1.41 bits per heavy atom. The van der Waals surface area contributed by atoms with Crippen LogP contribution in [0.4, 0.5) is 0 Å². The topological polar surface area (TPSA) is 86.2 Å². The Morgan fingerprint density at radius 3 is 3.00 bits per heavy atom. The molecule has 84 valence electrons. The Bertz CT molecular complexity index is 746. The second-order valence-corrected chi connectivity index (χ2v) is 3.74. The van der Waals surface area contributed by atoms with Crippen molar-refractivity contribution in [3.8, 4) is 0 Å². The summed E-state index contributed by atoms with van der Waals surface area (Å²) < 4.78 is 1.62. The van der Waals surface area contributed by atoms with E-state index in [9.17, 15) is 4.79 Å². The summed E-state index contributed by atoms with van der Waals surface area (Å²) in [6.45, 7) is 1.77. The molecule has 0 unspecified atom stereocenters. The number of nitrogens with two attached hydrogens (primary N) is 1. The number of hydrogen-bond acceptors (Lipinski definition) is 4. The number of aryl methyl sites for hydroxylation is 1. The van der Waals surface area contributed by atoms with Gasteiger partial charge in [0.15, 0.2) is 5.65 Å². The van der Waals surface area contributed by atoms with Crippen LogP contribution in [0.3, 0.4) is 0 Å². The van der Waals surface area contributed by atoms with E-state index < -0.39 is 5.91 Å². The lowest BCUT2D eigenvalue weighted by Crippen LogP contribution is -2.16. The minimum absolute atomic E-state index is 0.364. The Balaban J connectivity index is 2.61. The van der Waals surface area contributed by atoms with Crippen molar-refractivity contribution in [3.63, 3.8) is 0 Å². The van der Waals surface area contributed by atoms with Gasteiger partial charge in [0, 0.05) is 11.6 Å². The van der Waals surface area contributed by atoms with Gasteiger partial charge in [0.1, 0.15) is 17.0 Å². The summed E-state index contributed by atoms with van der Waals surface area (Å²) in [6, 6.07) is 5.36. The summed E-state index contributed by atoms with van der Waals surface area (Å²) in [4.78, 5) is 15.7. The largest absolute Gasteiger partial charge is 0.364 e. The SMILES string of the molecule is Cc1nnc2c3ncccc3cc(C(N)=O)n12. The van der Waals surface area contributed by atoms with E-state index in [4.69, 9.17) is 5.73 Å². The predicted octanol–water partition coefficient (Wildman–Crippen LogP) is 0.685. The van der Waals surface area contributed by atoms with Gasteiger partial charge in [-0.3, -0.25) is 14.2 Å². The van der Waals surface area contributed by atoms with E-state index in [0.717, 1.165) is 5.39 Å². The second kappa shape index (κ2) is 3.24. The Labute approximate surface area is 96.1 Å². The molecule has 3 aromatic rings. The van der Waals surface area contributed by atoms with Gasteiger partial charge in [0.25, 0.3) is 5.91 Å². The summed E-state index contributed by atoms with van der Waals surface area (Å²) in [5, 5.41) is 8.81. The number of carbonyl (C=O) groups excluding carboxylic acids is 1. The van der Waals surface area contributed by atoms with Crippen LogP contribution in [0.15, 0.2) is 24.4 Å². The molecule has 0 bridgehead atoms. The van der Waals surface area contributed by atoms with Gasteiger partial charge in [-0.25, -0.2) is 0 Å². The first-order valence-electron chi connectivity index (χ1n) is 5.08. The van der Waals surface area contributed by atoms with Gasteiger partial charge in [-0.2, -0.15) is 0 Å². The molecule has 0 radical (unpaired) electrons. The lowest BCUT2D eigenvalue weighted by molar-refractivity contribution is 0.0994. The first kappa shape index (κ1) is 9.71. The second-order valence-electron chi connectivity index (χ2n) is 3.74. The molecule has 3 aromatic heterocycles. The first-order chi connectivity index (χ1) is 8.18. The van der Waals surface area contributed by atoms with Crippen LogP contribution in [-0.4, -0.2) is 25.5 Å². The number of rotatable bonds is 1. The van der Waals surface area contributed by atoms with E-state index in [-0.39, 0.29) is 0 Å².